The Labute approximate surface area is 82.3 Å². The fourth-order valence-electron chi connectivity index (χ4n) is 1.84. The molecule has 1 atom stereocenters. The molecule has 0 saturated heterocycles. The summed E-state index contributed by atoms with van der Waals surface area (Å²) < 4.78 is 0. The lowest BCUT2D eigenvalue weighted by Gasteiger charge is -2.39. The van der Waals surface area contributed by atoms with E-state index in [1.54, 1.807) is 0 Å². The van der Waals surface area contributed by atoms with Crippen molar-refractivity contribution < 1.29 is 0 Å². The van der Waals surface area contributed by atoms with E-state index in [1.807, 2.05) is 0 Å². The summed E-state index contributed by atoms with van der Waals surface area (Å²) in [5.41, 5.74) is 6.04. The molecule has 1 fully saturated rings. The zero-order chi connectivity index (χ0) is 9.73. The summed E-state index contributed by atoms with van der Waals surface area (Å²) in [5, 5.41) is 3.63. The van der Waals surface area contributed by atoms with E-state index in [1.165, 1.54) is 38.6 Å². The lowest BCUT2D eigenvalue weighted by Crippen LogP contribution is -2.48. The number of nitrogens with one attached hydrogen (secondary N) is 1. The summed E-state index contributed by atoms with van der Waals surface area (Å²) in [6, 6.07) is 0. The van der Waals surface area contributed by atoms with E-state index < -0.39 is 0 Å². The monoisotopic (exact) mass is 184 g/mol. The molecule has 0 bridgehead atoms. The van der Waals surface area contributed by atoms with E-state index in [0.717, 1.165) is 6.54 Å². The fraction of sp³-hybridized carbons (Fsp3) is 1.00. The Bertz CT molecular complexity index is 141. The van der Waals surface area contributed by atoms with Gasteiger partial charge in [0.05, 0.1) is 0 Å². The quantitative estimate of drug-likeness (QED) is 0.619. The molecule has 1 rings (SSSR count). The third-order valence-corrected chi connectivity index (χ3v) is 3.28. The van der Waals surface area contributed by atoms with Crippen LogP contribution in [0.4, 0.5) is 0 Å². The number of hydrogen-bond acceptors (Lipinski definition) is 2. The van der Waals surface area contributed by atoms with Crippen LogP contribution in [0.25, 0.3) is 0 Å². The van der Waals surface area contributed by atoms with Crippen LogP contribution in [0.2, 0.25) is 0 Å². The van der Waals surface area contributed by atoms with Crippen molar-refractivity contribution in [3.8, 4) is 0 Å². The smallest absolute Gasteiger partial charge is 0.0153 e. The van der Waals surface area contributed by atoms with Crippen molar-refractivity contribution >= 4 is 0 Å². The number of hydrogen-bond donors (Lipinski definition) is 2. The standard InChI is InChI=1S/C11H24N2/c1-10(9-12)5-3-8-13-11(2)6-4-7-11/h10,13H,3-9,12H2,1-2H3. The summed E-state index contributed by atoms with van der Waals surface area (Å²) in [5.74, 6) is 0.691. The van der Waals surface area contributed by atoms with Crippen molar-refractivity contribution in [3.63, 3.8) is 0 Å². The Morgan fingerprint density at radius 3 is 2.62 bits per heavy atom. The molecule has 78 valence electrons. The second kappa shape index (κ2) is 4.97. The zero-order valence-electron chi connectivity index (χ0n) is 9.10. The van der Waals surface area contributed by atoms with E-state index in [2.05, 4.69) is 19.2 Å². The Morgan fingerprint density at radius 1 is 1.46 bits per heavy atom. The van der Waals surface area contributed by atoms with Gasteiger partial charge < -0.3 is 11.1 Å². The van der Waals surface area contributed by atoms with Gasteiger partial charge in [0.1, 0.15) is 0 Å². The van der Waals surface area contributed by atoms with Crippen LogP contribution in [0.1, 0.15) is 46.0 Å². The second-order valence-electron chi connectivity index (χ2n) is 4.82. The van der Waals surface area contributed by atoms with Crippen LogP contribution in [0, 0.1) is 5.92 Å². The molecule has 1 aliphatic rings. The molecule has 3 N–H and O–H groups in total. The number of nitrogens with two attached hydrogens (primary N) is 1. The Balaban J connectivity index is 1.94. The summed E-state index contributed by atoms with van der Waals surface area (Å²) in [4.78, 5) is 0. The second-order valence-corrected chi connectivity index (χ2v) is 4.82. The molecule has 0 aromatic heterocycles. The first-order valence-electron chi connectivity index (χ1n) is 5.61. The molecule has 1 saturated carbocycles. The molecule has 13 heavy (non-hydrogen) atoms. The number of rotatable bonds is 6. The van der Waals surface area contributed by atoms with Crippen LogP contribution in [0.3, 0.4) is 0 Å². The summed E-state index contributed by atoms with van der Waals surface area (Å²) in [7, 11) is 0. The van der Waals surface area contributed by atoms with Gasteiger partial charge >= 0.3 is 0 Å². The highest BCUT2D eigenvalue weighted by Gasteiger charge is 2.30. The van der Waals surface area contributed by atoms with Crippen molar-refractivity contribution in [2.45, 2.75) is 51.5 Å². The van der Waals surface area contributed by atoms with E-state index in [-0.39, 0.29) is 0 Å². The Hall–Kier alpha value is -0.0800. The van der Waals surface area contributed by atoms with Gasteiger partial charge in [-0.2, -0.15) is 0 Å². The van der Waals surface area contributed by atoms with Crippen molar-refractivity contribution in [2.24, 2.45) is 11.7 Å². The summed E-state index contributed by atoms with van der Waals surface area (Å²) in [6.07, 6.45) is 6.66. The van der Waals surface area contributed by atoms with Crippen molar-refractivity contribution in [2.75, 3.05) is 13.1 Å². The maximum atomic E-state index is 5.56. The summed E-state index contributed by atoms with van der Waals surface area (Å²) in [6.45, 7) is 6.56. The third kappa shape index (κ3) is 3.65. The first kappa shape index (κ1) is 11.0. The summed E-state index contributed by atoms with van der Waals surface area (Å²) >= 11 is 0. The molecule has 0 aromatic rings. The molecule has 2 nitrogen and oxygen atoms in total. The highest BCUT2D eigenvalue weighted by Crippen LogP contribution is 2.30. The molecule has 0 amide bonds. The lowest BCUT2D eigenvalue weighted by atomic mass is 9.78. The van der Waals surface area contributed by atoms with Crippen LogP contribution in [0.15, 0.2) is 0 Å². The van der Waals surface area contributed by atoms with Crippen LogP contribution < -0.4 is 11.1 Å². The van der Waals surface area contributed by atoms with Crippen LogP contribution in [0.5, 0.6) is 0 Å². The molecular weight excluding hydrogens is 160 g/mol. The maximum absolute atomic E-state index is 5.56. The molecule has 1 aliphatic carbocycles. The van der Waals surface area contributed by atoms with Gasteiger partial charge in [-0.25, -0.2) is 0 Å². The molecule has 0 aliphatic heterocycles. The molecule has 0 aromatic carbocycles. The minimum Gasteiger partial charge on any atom is -0.330 e. The van der Waals surface area contributed by atoms with Gasteiger partial charge in [0, 0.05) is 5.54 Å². The topological polar surface area (TPSA) is 38.0 Å². The average molecular weight is 184 g/mol. The SMILES string of the molecule is CC(CN)CCCNC1(C)CCC1. The zero-order valence-corrected chi connectivity index (χ0v) is 9.10. The largest absolute Gasteiger partial charge is 0.330 e. The predicted molar refractivity (Wildman–Crippen MR) is 57.7 cm³/mol. The Morgan fingerprint density at radius 2 is 2.15 bits per heavy atom. The van der Waals surface area contributed by atoms with Crippen molar-refractivity contribution in [3.05, 3.63) is 0 Å². The van der Waals surface area contributed by atoms with Crippen molar-refractivity contribution in [1.82, 2.24) is 5.32 Å². The molecule has 2 heteroatoms. The molecule has 1 unspecified atom stereocenters. The minimum absolute atomic E-state index is 0.478. The van der Waals surface area contributed by atoms with E-state index in [0.29, 0.717) is 11.5 Å². The minimum atomic E-state index is 0.478. The highest BCUT2D eigenvalue weighted by atomic mass is 15.0. The van der Waals surface area contributed by atoms with E-state index >= 15 is 0 Å². The lowest BCUT2D eigenvalue weighted by molar-refractivity contribution is 0.207. The van der Waals surface area contributed by atoms with Gasteiger partial charge in [-0.05, 0) is 58.0 Å². The van der Waals surface area contributed by atoms with Crippen LogP contribution >= 0.6 is 0 Å². The van der Waals surface area contributed by atoms with E-state index in [4.69, 9.17) is 5.73 Å². The van der Waals surface area contributed by atoms with Gasteiger partial charge in [-0.1, -0.05) is 6.92 Å². The van der Waals surface area contributed by atoms with Crippen LogP contribution in [-0.4, -0.2) is 18.6 Å². The average Bonchev–Trinajstić information content (AvgIpc) is 2.09. The third-order valence-electron chi connectivity index (χ3n) is 3.28. The highest BCUT2D eigenvalue weighted by molar-refractivity contribution is 4.91. The normalized spacial score (nSPS) is 22.4. The van der Waals surface area contributed by atoms with Gasteiger partial charge in [0.15, 0.2) is 0 Å². The van der Waals surface area contributed by atoms with Gasteiger partial charge in [-0.15, -0.1) is 0 Å². The predicted octanol–water partition coefficient (Wildman–Crippen LogP) is 1.89. The molecule has 0 radical (unpaired) electrons. The van der Waals surface area contributed by atoms with Gasteiger partial charge in [0.25, 0.3) is 0 Å². The fourth-order valence-corrected chi connectivity index (χ4v) is 1.84. The first-order chi connectivity index (χ1) is 6.16. The van der Waals surface area contributed by atoms with Gasteiger partial charge in [0.2, 0.25) is 0 Å². The molecule has 0 spiro atoms. The molecular formula is C11H24N2. The molecule has 0 heterocycles. The van der Waals surface area contributed by atoms with Crippen molar-refractivity contribution in [1.29, 1.82) is 0 Å². The maximum Gasteiger partial charge on any atom is 0.0153 e. The van der Waals surface area contributed by atoms with Gasteiger partial charge in [-0.3, -0.25) is 0 Å². The van der Waals surface area contributed by atoms with Crippen LogP contribution in [-0.2, 0) is 0 Å². The van der Waals surface area contributed by atoms with E-state index in [9.17, 15) is 0 Å². The Kier molecular flexibility index (Phi) is 4.20. The first-order valence-corrected chi connectivity index (χ1v) is 5.61.